The molecule has 12 heavy (non-hydrogen) atoms. The van der Waals surface area contributed by atoms with Gasteiger partial charge in [0.25, 0.3) is 0 Å². The van der Waals surface area contributed by atoms with E-state index in [0.717, 1.165) is 0 Å². The van der Waals surface area contributed by atoms with E-state index < -0.39 is 5.97 Å². The van der Waals surface area contributed by atoms with Gasteiger partial charge in [-0.25, -0.2) is 0 Å². The molecule has 1 N–H and O–H groups in total. The number of hydrogen-bond donors (Lipinski definition) is 1. The molecule has 1 aromatic heterocycles. The fourth-order valence-electron chi connectivity index (χ4n) is 0.679. The third-order valence-electron chi connectivity index (χ3n) is 1.09. The molecule has 0 aliphatic rings. The summed E-state index contributed by atoms with van der Waals surface area (Å²) in [5.74, 6) is -0.550. The zero-order valence-corrected chi connectivity index (χ0v) is 6.48. The summed E-state index contributed by atoms with van der Waals surface area (Å²) < 4.78 is 9.32. The van der Waals surface area contributed by atoms with E-state index in [-0.39, 0.29) is 18.9 Å². The standard InChI is InChI=1S/C6H8N2O4/c1-11-3-4-7-5(12-8-4)2-6(9)10/h2-3H2,1H3,(H,9,10). The van der Waals surface area contributed by atoms with E-state index in [0.29, 0.717) is 5.82 Å². The molecule has 0 bridgehead atoms. The van der Waals surface area contributed by atoms with Crippen molar-refractivity contribution in [3.63, 3.8) is 0 Å². The second-order valence-corrected chi connectivity index (χ2v) is 2.11. The van der Waals surface area contributed by atoms with Gasteiger partial charge in [0.05, 0.1) is 0 Å². The van der Waals surface area contributed by atoms with Crippen LogP contribution in [0.4, 0.5) is 0 Å². The summed E-state index contributed by atoms with van der Waals surface area (Å²) in [7, 11) is 1.49. The van der Waals surface area contributed by atoms with Crippen molar-refractivity contribution >= 4 is 5.97 Å². The van der Waals surface area contributed by atoms with Crippen molar-refractivity contribution < 1.29 is 19.2 Å². The van der Waals surface area contributed by atoms with Crippen LogP contribution in [0.2, 0.25) is 0 Å². The molecule has 0 saturated carbocycles. The summed E-state index contributed by atoms with van der Waals surface area (Å²) in [6.45, 7) is 0.225. The third kappa shape index (κ3) is 2.31. The molecule has 0 aliphatic heterocycles. The summed E-state index contributed by atoms with van der Waals surface area (Å²) >= 11 is 0. The predicted molar refractivity (Wildman–Crippen MR) is 36.4 cm³/mol. The van der Waals surface area contributed by atoms with Crippen LogP contribution in [0.25, 0.3) is 0 Å². The van der Waals surface area contributed by atoms with E-state index in [2.05, 4.69) is 14.7 Å². The Kier molecular flexibility index (Phi) is 2.76. The minimum absolute atomic E-state index is 0.0922. The smallest absolute Gasteiger partial charge is 0.312 e. The number of carbonyl (C=O) groups is 1. The van der Waals surface area contributed by atoms with Crippen molar-refractivity contribution in [3.05, 3.63) is 11.7 Å². The SMILES string of the molecule is COCc1noc(CC(=O)O)n1. The van der Waals surface area contributed by atoms with Gasteiger partial charge >= 0.3 is 5.97 Å². The van der Waals surface area contributed by atoms with Crippen LogP contribution >= 0.6 is 0 Å². The Bertz CT molecular complexity index is 270. The van der Waals surface area contributed by atoms with Crippen LogP contribution in [0.1, 0.15) is 11.7 Å². The van der Waals surface area contributed by atoms with Crippen LogP contribution in [0, 0.1) is 0 Å². The first-order chi connectivity index (χ1) is 5.72. The van der Waals surface area contributed by atoms with E-state index in [9.17, 15) is 4.79 Å². The molecule has 1 rings (SSSR count). The largest absolute Gasteiger partial charge is 0.481 e. The Morgan fingerprint density at radius 2 is 2.50 bits per heavy atom. The van der Waals surface area contributed by atoms with Gasteiger partial charge < -0.3 is 14.4 Å². The van der Waals surface area contributed by atoms with Crippen LogP contribution < -0.4 is 0 Å². The van der Waals surface area contributed by atoms with Gasteiger partial charge in [-0.2, -0.15) is 4.98 Å². The number of aliphatic carboxylic acids is 1. The van der Waals surface area contributed by atoms with Gasteiger partial charge in [0.15, 0.2) is 5.82 Å². The van der Waals surface area contributed by atoms with E-state index in [1.807, 2.05) is 0 Å². The fourth-order valence-corrected chi connectivity index (χ4v) is 0.679. The van der Waals surface area contributed by atoms with Gasteiger partial charge in [0.1, 0.15) is 13.0 Å². The topological polar surface area (TPSA) is 85.5 Å². The van der Waals surface area contributed by atoms with Crippen LogP contribution in [-0.4, -0.2) is 28.3 Å². The number of methoxy groups -OCH3 is 1. The molecule has 0 aliphatic carbocycles. The van der Waals surface area contributed by atoms with Gasteiger partial charge in [-0.1, -0.05) is 5.16 Å². The summed E-state index contributed by atoms with van der Waals surface area (Å²) in [4.78, 5) is 13.9. The van der Waals surface area contributed by atoms with Crippen molar-refractivity contribution in [2.45, 2.75) is 13.0 Å². The highest BCUT2D eigenvalue weighted by atomic mass is 16.5. The number of rotatable bonds is 4. The van der Waals surface area contributed by atoms with E-state index in [4.69, 9.17) is 9.84 Å². The van der Waals surface area contributed by atoms with Crippen molar-refractivity contribution in [3.8, 4) is 0 Å². The summed E-state index contributed by atoms with van der Waals surface area (Å²) in [5, 5.41) is 11.8. The zero-order chi connectivity index (χ0) is 8.97. The molecule has 6 nitrogen and oxygen atoms in total. The van der Waals surface area contributed by atoms with Gasteiger partial charge in [-0.05, 0) is 0 Å². The number of carboxylic acid groups (broad SMARTS) is 1. The number of aromatic nitrogens is 2. The van der Waals surface area contributed by atoms with E-state index in [1.54, 1.807) is 0 Å². The van der Waals surface area contributed by atoms with Crippen LogP contribution in [-0.2, 0) is 22.6 Å². The Hall–Kier alpha value is -1.43. The molecule has 0 fully saturated rings. The molecule has 0 atom stereocenters. The molecule has 66 valence electrons. The van der Waals surface area contributed by atoms with Crippen LogP contribution in [0.15, 0.2) is 4.52 Å². The van der Waals surface area contributed by atoms with Crippen molar-refractivity contribution in [2.24, 2.45) is 0 Å². The fraction of sp³-hybridized carbons (Fsp3) is 0.500. The second kappa shape index (κ2) is 3.82. The molecule has 0 unspecified atom stereocenters. The average Bonchev–Trinajstić information content (AvgIpc) is 2.36. The molecule has 0 saturated heterocycles. The van der Waals surface area contributed by atoms with Gasteiger partial charge in [0, 0.05) is 7.11 Å². The van der Waals surface area contributed by atoms with Gasteiger partial charge in [-0.15, -0.1) is 0 Å². The van der Waals surface area contributed by atoms with E-state index in [1.165, 1.54) is 7.11 Å². The molecule has 0 amide bonds. The average molecular weight is 172 g/mol. The molecule has 0 spiro atoms. The number of ether oxygens (including phenoxy) is 1. The molecule has 0 radical (unpaired) electrons. The Balaban J connectivity index is 2.58. The highest BCUT2D eigenvalue weighted by Crippen LogP contribution is 1.98. The van der Waals surface area contributed by atoms with Crippen molar-refractivity contribution in [1.82, 2.24) is 10.1 Å². The van der Waals surface area contributed by atoms with Crippen molar-refractivity contribution in [2.75, 3.05) is 7.11 Å². The maximum atomic E-state index is 10.2. The first-order valence-corrected chi connectivity index (χ1v) is 3.24. The molecule has 1 aromatic rings. The first kappa shape index (κ1) is 8.66. The van der Waals surface area contributed by atoms with Gasteiger partial charge in [0.2, 0.25) is 5.89 Å². The quantitative estimate of drug-likeness (QED) is 0.679. The highest BCUT2D eigenvalue weighted by Gasteiger charge is 2.08. The summed E-state index contributed by atoms with van der Waals surface area (Å²) in [6, 6.07) is 0. The normalized spacial score (nSPS) is 10.1. The number of nitrogens with zero attached hydrogens (tertiary/aromatic N) is 2. The Morgan fingerprint density at radius 3 is 3.08 bits per heavy atom. The van der Waals surface area contributed by atoms with Gasteiger partial charge in [-0.3, -0.25) is 4.79 Å². The lowest BCUT2D eigenvalue weighted by Gasteiger charge is -1.86. The zero-order valence-electron chi connectivity index (χ0n) is 6.48. The first-order valence-electron chi connectivity index (χ1n) is 3.24. The molecule has 1 heterocycles. The second-order valence-electron chi connectivity index (χ2n) is 2.11. The summed E-state index contributed by atoms with van der Waals surface area (Å²) in [5.41, 5.74) is 0. The van der Waals surface area contributed by atoms with Crippen molar-refractivity contribution in [1.29, 1.82) is 0 Å². The minimum atomic E-state index is -0.998. The lowest BCUT2D eigenvalue weighted by molar-refractivity contribution is -0.136. The highest BCUT2D eigenvalue weighted by molar-refractivity contribution is 5.68. The molecule has 6 heteroatoms. The minimum Gasteiger partial charge on any atom is -0.481 e. The molecular weight excluding hydrogens is 164 g/mol. The maximum Gasteiger partial charge on any atom is 0.312 e. The lowest BCUT2D eigenvalue weighted by Crippen LogP contribution is -2.00. The Labute approximate surface area is 68.1 Å². The molecular formula is C6H8N2O4. The van der Waals surface area contributed by atoms with Crippen LogP contribution in [0.5, 0.6) is 0 Å². The predicted octanol–water partition coefficient (Wildman–Crippen LogP) is -0.157. The Morgan fingerprint density at radius 1 is 1.75 bits per heavy atom. The number of carboxylic acids is 1. The summed E-state index contributed by atoms with van der Waals surface area (Å²) in [6.07, 6.45) is -0.253. The number of hydrogen-bond acceptors (Lipinski definition) is 5. The van der Waals surface area contributed by atoms with Crippen LogP contribution in [0.3, 0.4) is 0 Å². The maximum absolute atomic E-state index is 10.2. The monoisotopic (exact) mass is 172 g/mol. The molecule has 0 aromatic carbocycles. The third-order valence-corrected chi connectivity index (χ3v) is 1.09. The van der Waals surface area contributed by atoms with E-state index >= 15 is 0 Å². The lowest BCUT2D eigenvalue weighted by atomic mass is 10.4.